The van der Waals surface area contributed by atoms with Gasteiger partial charge >= 0.3 is 0 Å². The summed E-state index contributed by atoms with van der Waals surface area (Å²) in [6.07, 6.45) is 16.0. The molecule has 1 atom stereocenters. The molecule has 152 valence electrons. The maximum Gasteiger partial charge on any atom is 0.244 e. The molecule has 1 unspecified atom stereocenters. The van der Waals surface area contributed by atoms with Crippen molar-refractivity contribution in [3.05, 3.63) is 78.0 Å². The average Bonchev–Trinajstić information content (AvgIpc) is 3.29. The van der Waals surface area contributed by atoms with E-state index in [0.717, 1.165) is 19.0 Å². The fourth-order valence-corrected chi connectivity index (χ4v) is 4.35. The molecule has 0 saturated heterocycles. The van der Waals surface area contributed by atoms with Crippen LogP contribution in [0.4, 0.5) is 0 Å². The van der Waals surface area contributed by atoms with Crippen LogP contribution in [0.2, 0.25) is 0 Å². The van der Waals surface area contributed by atoms with Crippen LogP contribution >= 0.6 is 0 Å². The van der Waals surface area contributed by atoms with Gasteiger partial charge in [0.05, 0.1) is 5.92 Å². The van der Waals surface area contributed by atoms with Gasteiger partial charge in [-0.3, -0.25) is 0 Å². The molecule has 0 fully saturated rings. The Morgan fingerprint density at radius 2 is 1.21 bits per heavy atom. The Bertz CT molecular complexity index is 682. The fraction of sp³-hybridized carbons (Fsp3) is 0.444. The molecular weight excluding hydrogens is 352 g/mol. The van der Waals surface area contributed by atoms with Gasteiger partial charge in [0.1, 0.15) is 0 Å². The number of hydrogen-bond donors (Lipinski definition) is 0. The third kappa shape index (κ3) is 7.20. The van der Waals surface area contributed by atoms with Gasteiger partial charge in [0.2, 0.25) is 6.17 Å². The molecule has 2 heteroatoms. The van der Waals surface area contributed by atoms with Crippen LogP contribution in [0.5, 0.6) is 0 Å². The lowest BCUT2D eigenvalue weighted by Crippen LogP contribution is -2.24. The fourth-order valence-electron chi connectivity index (χ4n) is 4.35. The molecule has 2 aromatic rings. The van der Waals surface area contributed by atoms with Gasteiger partial charge in [-0.2, -0.15) is 0 Å². The molecule has 1 aliphatic rings. The van der Waals surface area contributed by atoms with E-state index in [1.54, 1.807) is 0 Å². The monoisotopic (exact) mass is 387 g/mol. The molecule has 0 aliphatic carbocycles. The van der Waals surface area contributed by atoms with Crippen molar-refractivity contribution in [3.8, 4) is 0 Å². The van der Waals surface area contributed by atoms with Crippen molar-refractivity contribution >= 4 is 12.4 Å². The van der Waals surface area contributed by atoms with Gasteiger partial charge < -0.3 is 0 Å². The summed E-state index contributed by atoms with van der Waals surface area (Å²) in [6.45, 7) is 2.28. The maximum atomic E-state index is 4.64. The van der Waals surface area contributed by atoms with Crippen molar-refractivity contribution in [2.24, 2.45) is 21.8 Å². The molecule has 3 rings (SSSR count). The third-order valence-electron chi connectivity index (χ3n) is 5.93. The van der Waals surface area contributed by atoms with Crippen LogP contribution in [0.25, 0.3) is 0 Å². The second kappa shape index (κ2) is 12.3. The molecule has 0 amide bonds. The zero-order valence-corrected chi connectivity index (χ0v) is 17.8. The van der Waals surface area contributed by atoms with E-state index in [1.807, 2.05) is 12.4 Å². The van der Waals surface area contributed by atoms with Gasteiger partial charge in [0.15, 0.2) is 12.4 Å². The van der Waals surface area contributed by atoms with Gasteiger partial charge in [-0.25, -0.2) is 0 Å². The molecule has 0 spiro atoms. The molecule has 2 aromatic carbocycles. The summed E-state index contributed by atoms with van der Waals surface area (Å²) in [4.78, 5) is 9.28. The lowest BCUT2D eigenvalue weighted by Gasteiger charge is -2.26. The van der Waals surface area contributed by atoms with Gasteiger partial charge in [-0.15, -0.1) is 0 Å². The van der Waals surface area contributed by atoms with Crippen molar-refractivity contribution in [2.45, 2.75) is 64.7 Å². The van der Waals surface area contributed by atoms with E-state index in [2.05, 4.69) is 77.6 Å². The van der Waals surface area contributed by atoms with Gasteiger partial charge in [0, 0.05) is 0 Å². The molecule has 29 heavy (non-hydrogen) atoms. The summed E-state index contributed by atoms with van der Waals surface area (Å²) in [5.41, 5.74) is 2.82. The van der Waals surface area contributed by atoms with Crippen molar-refractivity contribution in [3.63, 3.8) is 0 Å². The van der Waals surface area contributed by atoms with Crippen molar-refractivity contribution < 1.29 is 0 Å². The molecule has 0 N–H and O–H groups in total. The molecule has 2 nitrogen and oxygen atoms in total. The van der Waals surface area contributed by atoms with E-state index in [4.69, 9.17) is 0 Å². The Balaban J connectivity index is 1.71. The van der Waals surface area contributed by atoms with Crippen LogP contribution < -0.4 is 0 Å². The standard InChI is InChI=1S/C27H35N2/c1-2-3-4-5-6-13-18-26(27-28-19-20-29-27)25(21-23-14-9-7-10-15-23)22-24-16-11-8-12-17-24/h7-12,14-17,19-20,25-26H,2-6,13,18,21-22H2,1H3/q+1. The Morgan fingerprint density at radius 3 is 1.76 bits per heavy atom. The minimum Gasteiger partial charge on any atom is -0.0965 e. The quantitative estimate of drug-likeness (QED) is 0.259. The summed E-state index contributed by atoms with van der Waals surface area (Å²) in [6, 6.07) is 21.8. The highest BCUT2D eigenvalue weighted by atomic mass is 15.0. The van der Waals surface area contributed by atoms with E-state index in [-0.39, 0.29) is 0 Å². The molecule has 0 radical (unpaired) electrons. The largest absolute Gasteiger partial charge is 0.244 e. The number of rotatable bonds is 13. The van der Waals surface area contributed by atoms with Crippen LogP contribution in [-0.2, 0) is 12.8 Å². The second-order valence-corrected chi connectivity index (χ2v) is 8.22. The first-order chi connectivity index (χ1) is 14.4. The summed E-state index contributed by atoms with van der Waals surface area (Å²) >= 11 is 0. The SMILES string of the molecule is CCCCCCCCC([C+]1N=CC=N1)C(Cc1ccccc1)Cc1ccccc1. The zero-order valence-electron chi connectivity index (χ0n) is 17.8. The maximum absolute atomic E-state index is 4.64. The van der Waals surface area contributed by atoms with Crippen molar-refractivity contribution in [2.75, 3.05) is 0 Å². The van der Waals surface area contributed by atoms with Crippen LogP contribution in [0.1, 0.15) is 63.0 Å². The summed E-state index contributed by atoms with van der Waals surface area (Å²) < 4.78 is 0. The van der Waals surface area contributed by atoms with E-state index in [9.17, 15) is 0 Å². The molecule has 0 bridgehead atoms. The number of unbranched alkanes of at least 4 members (excludes halogenated alkanes) is 5. The van der Waals surface area contributed by atoms with Gasteiger partial charge in [0.25, 0.3) is 0 Å². The number of nitrogens with zero attached hydrogens (tertiary/aromatic N) is 2. The van der Waals surface area contributed by atoms with E-state index < -0.39 is 0 Å². The van der Waals surface area contributed by atoms with Crippen LogP contribution in [-0.4, -0.2) is 12.4 Å². The van der Waals surface area contributed by atoms with Crippen molar-refractivity contribution in [1.82, 2.24) is 0 Å². The summed E-state index contributed by atoms with van der Waals surface area (Å²) in [5.74, 6) is 0.925. The van der Waals surface area contributed by atoms with Crippen LogP contribution in [0.3, 0.4) is 0 Å². The minimum atomic E-state index is 0.414. The minimum absolute atomic E-state index is 0.414. The third-order valence-corrected chi connectivity index (χ3v) is 5.93. The van der Waals surface area contributed by atoms with Gasteiger partial charge in [-0.1, -0.05) is 116 Å². The molecule has 1 aliphatic heterocycles. The van der Waals surface area contributed by atoms with Gasteiger partial charge in [-0.05, 0) is 36.3 Å². The van der Waals surface area contributed by atoms with Crippen molar-refractivity contribution in [1.29, 1.82) is 0 Å². The predicted octanol–water partition coefficient (Wildman–Crippen LogP) is 7.10. The Kier molecular flexibility index (Phi) is 9.03. The molecular formula is C27H35N2+. The molecule has 0 saturated carbocycles. The Hall–Kier alpha value is -2.35. The first kappa shape index (κ1) is 21.4. The molecule has 0 aromatic heterocycles. The van der Waals surface area contributed by atoms with E-state index >= 15 is 0 Å². The van der Waals surface area contributed by atoms with E-state index in [1.165, 1.54) is 56.1 Å². The highest BCUT2D eigenvalue weighted by Crippen LogP contribution is 2.36. The van der Waals surface area contributed by atoms with E-state index in [0.29, 0.717) is 11.8 Å². The smallest absolute Gasteiger partial charge is 0.0965 e. The average molecular weight is 388 g/mol. The predicted molar refractivity (Wildman–Crippen MR) is 125 cm³/mol. The van der Waals surface area contributed by atoms with Crippen LogP contribution in [0.15, 0.2) is 70.6 Å². The number of benzene rings is 2. The zero-order chi connectivity index (χ0) is 20.2. The Labute approximate surface area is 177 Å². The topological polar surface area (TPSA) is 24.7 Å². The summed E-state index contributed by atoms with van der Waals surface area (Å²) in [5, 5.41) is 0. The summed E-state index contributed by atoms with van der Waals surface area (Å²) in [7, 11) is 0. The highest BCUT2D eigenvalue weighted by molar-refractivity contribution is 6.18. The lowest BCUT2D eigenvalue weighted by molar-refractivity contribution is 0.306. The molecule has 1 heterocycles. The Morgan fingerprint density at radius 1 is 0.690 bits per heavy atom. The first-order valence-electron chi connectivity index (χ1n) is 11.4. The number of hydrogen-bond acceptors (Lipinski definition) is 2. The highest BCUT2D eigenvalue weighted by Gasteiger charge is 2.35. The lowest BCUT2D eigenvalue weighted by atomic mass is 9.78. The number of aliphatic imine (C=N–C) groups is 2. The van der Waals surface area contributed by atoms with Crippen LogP contribution in [0, 0.1) is 18.0 Å². The first-order valence-corrected chi connectivity index (χ1v) is 11.4. The second-order valence-electron chi connectivity index (χ2n) is 8.22. The normalized spacial score (nSPS) is 14.1.